The monoisotopic (exact) mass is 150 g/mol. The molecule has 0 heterocycles. The van der Waals surface area contributed by atoms with Gasteiger partial charge in [0.25, 0.3) is 0 Å². The third-order valence-corrected chi connectivity index (χ3v) is 0.803. The van der Waals surface area contributed by atoms with Crippen LogP contribution in [0.2, 0.25) is 0 Å². The number of rotatable bonds is 3. The zero-order chi connectivity index (χ0) is 8.41. The average molecular weight is 150 g/mol. The van der Waals surface area contributed by atoms with Gasteiger partial charge in [0.2, 0.25) is 0 Å². The van der Waals surface area contributed by atoms with E-state index in [0.717, 1.165) is 12.8 Å². The summed E-state index contributed by atoms with van der Waals surface area (Å²) in [5.41, 5.74) is 0. The summed E-state index contributed by atoms with van der Waals surface area (Å²) in [6.45, 7) is 4.06. The molecule has 0 unspecified atom stereocenters. The van der Waals surface area contributed by atoms with Crippen LogP contribution in [0.15, 0.2) is 0 Å². The number of unbranched alkanes of at least 4 members (excludes halogenated alkanes) is 1. The lowest BCUT2D eigenvalue weighted by Gasteiger charge is -1.96. The van der Waals surface area contributed by atoms with Gasteiger partial charge in [0.05, 0.1) is 13.8 Å². The van der Waals surface area contributed by atoms with E-state index in [1.807, 2.05) is 0 Å². The van der Waals surface area contributed by atoms with E-state index in [-0.39, 0.29) is 5.97 Å². The van der Waals surface area contributed by atoms with Gasteiger partial charge >= 0.3 is 5.97 Å². The minimum Gasteiger partial charge on any atom is -0.466 e. The Labute approximate surface area is 61.4 Å². The number of carbonyl (C=O) groups is 1. The van der Waals surface area contributed by atoms with E-state index >= 15 is 0 Å². The molecule has 0 saturated carbocycles. The van der Waals surface area contributed by atoms with E-state index in [4.69, 9.17) is 0 Å². The number of carbonyl (C=O) groups excluding carboxylic acids is 1. The van der Waals surface area contributed by atoms with Gasteiger partial charge in [0.15, 0.2) is 0 Å². The number of esters is 1. The summed E-state index contributed by atoms with van der Waals surface area (Å²) in [6, 6.07) is 0. The summed E-state index contributed by atoms with van der Waals surface area (Å²) in [7, 11) is 0.500. The first kappa shape index (κ1) is 12.1. The van der Waals surface area contributed by atoms with Gasteiger partial charge in [-0.2, -0.15) is 0 Å². The molecule has 0 aromatic rings. The molecule has 0 amide bonds. The molecule has 0 N–H and O–H groups in total. The predicted molar refractivity (Wildman–Crippen MR) is 38.6 cm³/mol. The Morgan fingerprint density at radius 2 is 2.00 bits per heavy atom. The zero-order valence-electron chi connectivity index (χ0n) is 6.82. The molecule has 62 valence electrons. The second kappa shape index (κ2) is 11.2. The molecule has 10 heavy (non-hydrogen) atoms. The Hall–Kier alpha value is -0.600. The largest absolute Gasteiger partial charge is 0.466 e. The Bertz CT molecular complexity index is 74.0. The van der Waals surface area contributed by atoms with Crippen molar-refractivity contribution >= 4 is 5.97 Å². The van der Waals surface area contributed by atoms with Gasteiger partial charge in [0.1, 0.15) is 0 Å². The van der Waals surface area contributed by atoms with Gasteiger partial charge in [-0.3, -0.25) is 9.18 Å². The van der Waals surface area contributed by atoms with Crippen LogP contribution in [-0.2, 0) is 9.53 Å². The maximum absolute atomic E-state index is 10.1. The average Bonchev–Trinajstić information content (AvgIpc) is 1.92. The summed E-state index contributed by atoms with van der Waals surface area (Å²) in [5, 5.41) is 0. The molecule has 0 aromatic carbocycles. The highest BCUT2D eigenvalue weighted by Crippen LogP contribution is 1.86. The van der Waals surface area contributed by atoms with Crippen molar-refractivity contribution in [3.63, 3.8) is 0 Å². The first-order chi connectivity index (χ1) is 4.77. The summed E-state index contributed by atoms with van der Waals surface area (Å²) in [6.07, 6.45) is 2.05. The molecular weight excluding hydrogens is 135 g/mol. The number of halogens is 1. The topological polar surface area (TPSA) is 26.3 Å². The van der Waals surface area contributed by atoms with Crippen molar-refractivity contribution in [3.8, 4) is 0 Å². The lowest BCUT2D eigenvalue weighted by atomic mass is 10.4. The quantitative estimate of drug-likeness (QED) is 0.454. The number of hydrogen-bond acceptors (Lipinski definition) is 2. The van der Waals surface area contributed by atoms with Crippen molar-refractivity contribution in [2.45, 2.75) is 26.7 Å². The summed E-state index contributed by atoms with van der Waals surface area (Å²) < 4.78 is 14.1. The standard InChI is InChI=1S/C6H12O2.CH3F/c1-3-4-5-8-6(2)7;1-2/h3-5H2,1-2H3;1H3. The van der Waals surface area contributed by atoms with Gasteiger partial charge in [-0.1, -0.05) is 13.3 Å². The minimum atomic E-state index is -0.182. The molecule has 0 aromatic heterocycles. The smallest absolute Gasteiger partial charge is 0.302 e. The number of alkyl halides is 1. The Morgan fingerprint density at radius 1 is 1.50 bits per heavy atom. The molecule has 2 nitrogen and oxygen atoms in total. The van der Waals surface area contributed by atoms with E-state index in [0.29, 0.717) is 13.8 Å². The molecule has 0 atom stereocenters. The molecule has 0 saturated heterocycles. The second-order valence-corrected chi connectivity index (χ2v) is 1.69. The highest BCUT2D eigenvalue weighted by atomic mass is 19.1. The van der Waals surface area contributed by atoms with Gasteiger partial charge < -0.3 is 4.74 Å². The fourth-order valence-electron chi connectivity index (χ4n) is 0.360. The third kappa shape index (κ3) is 15.7. The molecule has 0 aliphatic heterocycles. The fraction of sp³-hybridized carbons (Fsp3) is 0.857. The molecule has 0 spiro atoms. The highest BCUT2D eigenvalue weighted by molar-refractivity contribution is 5.65. The van der Waals surface area contributed by atoms with Crippen molar-refractivity contribution < 1.29 is 13.9 Å². The van der Waals surface area contributed by atoms with Crippen molar-refractivity contribution in [1.29, 1.82) is 0 Å². The highest BCUT2D eigenvalue weighted by Gasteiger charge is 1.88. The van der Waals surface area contributed by atoms with Crippen LogP contribution in [0.5, 0.6) is 0 Å². The SMILES string of the molecule is CCCCOC(C)=O.CF. The summed E-state index contributed by atoms with van der Waals surface area (Å²) in [5.74, 6) is -0.182. The predicted octanol–water partition coefficient (Wildman–Crippen LogP) is 1.94. The molecule has 0 rings (SSSR count). The normalized spacial score (nSPS) is 7.60. The lowest BCUT2D eigenvalue weighted by molar-refractivity contribution is -0.141. The molecule has 0 radical (unpaired) electrons. The van der Waals surface area contributed by atoms with Gasteiger partial charge in [0, 0.05) is 6.92 Å². The Kier molecular flexibility index (Phi) is 13.6. The van der Waals surface area contributed by atoms with E-state index < -0.39 is 0 Å². The van der Waals surface area contributed by atoms with Gasteiger partial charge in [-0.15, -0.1) is 0 Å². The second-order valence-electron chi connectivity index (χ2n) is 1.69. The van der Waals surface area contributed by atoms with Crippen molar-refractivity contribution in [3.05, 3.63) is 0 Å². The first-order valence-electron chi connectivity index (χ1n) is 3.28. The van der Waals surface area contributed by atoms with Crippen molar-refractivity contribution in [2.75, 3.05) is 13.8 Å². The fourth-order valence-corrected chi connectivity index (χ4v) is 0.360. The van der Waals surface area contributed by atoms with Crippen molar-refractivity contribution in [2.24, 2.45) is 0 Å². The van der Waals surface area contributed by atoms with Crippen LogP contribution in [0.25, 0.3) is 0 Å². The van der Waals surface area contributed by atoms with Gasteiger partial charge in [-0.05, 0) is 6.42 Å². The van der Waals surface area contributed by atoms with E-state index in [1.165, 1.54) is 6.92 Å². The maximum atomic E-state index is 10.1. The van der Waals surface area contributed by atoms with Crippen LogP contribution in [0.1, 0.15) is 26.7 Å². The molecular formula is C7H15FO2. The molecule has 0 aliphatic carbocycles. The lowest BCUT2D eigenvalue weighted by Crippen LogP contribution is -1.99. The van der Waals surface area contributed by atoms with E-state index in [9.17, 15) is 9.18 Å². The molecule has 3 heteroatoms. The third-order valence-electron chi connectivity index (χ3n) is 0.803. The van der Waals surface area contributed by atoms with Crippen LogP contribution in [0.3, 0.4) is 0 Å². The molecule has 0 aliphatic rings. The Balaban J connectivity index is 0. The zero-order valence-corrected chi connectivity index (χ0v) is 6.82. The Morgan fingerprint density at radius 3 is 2.30 bits per heavy atom. The molecule has 0 bridgehead atoms. The molecule has 0 fully saturated rings. The van der Waals surface area contributed by atoms with Gasteiger partial charge in [-0.25, -0.2) is 0 Å². The summed E-state index contributed by atoms with van der Waals surface area (Å²) in [4.78, 5) is 10.1. The first-order valence-corrected chi connectivity index (χ1v) is 3.28. The van der Waals surface area contributed by atoms with Crippen LogP contribution >= 0.6 is 0 Å². The maximum Gasteiger partial charge on any atom is 0.302 e. The number of hydrogen-bond donors (Lipinski definition) is 0. The van der Waals surface area contributed by atoms with Crippen molar-refractivity contribution in [1.82, 2.24) is 0 Å². The van der Waals surface area contributed by atoms with E-state index in [2.05, 4.69) is 11.7 Å². The van der Waals surface area contributed by atoms with Crippen LogP contribution in [0, 0.1) is 0 Å². The minimum absolute atomic E-state index is 0.182. The van der Waals surface area contributed by atoms with Crippen LogP contribution < -0.4 is 0 Å². The van der Waals surface area contributed by atoms with Crippen LogP contribution in [0.4, 0.5) is 4.39 Å². The van der Waals surface area contributed by atoms with E-state index in [1.54, 1.807) is 0 Å². The van der Waals surface area contributed by atoms with Crippen LogP contribution in [-0.4, -0.2) is 19.8 Å². The summed E-state index contributed by atoms with van der Waals surface area (Å²) >= 11 is 0. The number of ether oxygens (including phenoxy) is 1.